The van der Waals surface area contributed by atoms with E-state index in [2.05, 4.69) is 36.4 Å². The third-order valence-electron chi connectivity index (χ3n) is 3.61. The Hall–Kier alpha value is -0.940. The van der Waals surface area contributed by atoms with E-state index < -0.39 is 5.54 Å². The van der Waals surface area contributed by atoms with Crippen LogP contribution in [0.4, 0.5) is 5.13 Å². The topological polar surface area (TPSA) is 54.0 Å². The van der Waals surface area contributed by atoms with Crippen LogP contribution in [0, 0.1) is 0 Å². The lowest BCUT2D eigenvalue weighted by atomic mass is 9.90. The lowest BCUT2D eigenvalue weighted by Crippen LogP contribution is -2.54. The first-order valence-corrected chi connectivity index (χ1v) is 7.72. The van der Waals surface area contributed by atoms with Crippen LogP contribution in [0.15, 0.2) is 5.38 Å². The van der Waals surface area contributed by atoms with E-state index in [4.69, 9.17) is 0 Å². The molecular weight excluding hydrogens is 258 g/mol. The number of piperidine rings is 1. The number of amides is 1. The van der Waals surface area contributed by atoms with Gasteiger partial charge in [0, 0.05) is 10.8 Å². The number of anilines is 1. The third kappa shape index (κ3) is 3.34. The first kappa shape index (κ1) is 14.5. The summed E-state index contributed by atoms with van der Waals surface area (Å²) in [7, 11) is 0. The van der Waals surface area contributed by atoms with Crippen molar-refractivity contribution in [1.82, 2.24) is 10.3 Å². The Kier molecular flexibility index (Phi) is 3.97. The van der Waals surface area contributed by atoms with Crippen LogP contribution in [0.2, 0.25) is 0 Å². The van der Waals surface area contributed by atoms with Gasteiger partial charge in [-0.25, -0.2) is 4.98 Å². The van der Waals surface area contributed by atoms with Gasteiger partial charge in [0.1, 0.15) is 0 Å². The zero-order valence-corrected chi connectivity index (χ0v) is 13.0. The predicted molar refractivity (Wildman–Crippen MR) is 79.7 cm³/mol. The van der Waals surface area contributed by atoms with Crippen LogP contribution in [-0.4, -0.2) is 23.0 Å². The quantitative estimate of drug-likeness (QED) is 0.876. The molecule has 2 heterocycles. The fourth-order valence-corrected chi connectivity index (χ4v) is 3.09. The van der Waals surface area contributed by atoms with E-state index in [1.165, 1.54) is 11.3 Å². The van der Waals surface area contributed by atoms with E-state index in [1.807, 2.05) is 12.3 Å². The average Bonchev–Trinajstić information content (AvgIpc) is 2.78. The molecule has 0 aromatic carbocycles. The molecule has 1 atom stereocenters. The van der Waals surface area contributed by atoms with Crippen molar-refractivity contribution in [3.05, 3.63) is 11.1 Å². The summed E-state index contributed by atoms with van der Waals surface area (Å²) in [6, 6.07) is 0. The first-order valence-electron chi connectivity index (χ1n) is 6.84. The van der Waals surface area contributed by atoms with Gasteiger partial charge < -0.3 is 10.6 Å². The molecule has 1 aromatic heterocycles. The highest BCUT2D eigenvalue weighted by molar-refractivity contribution is 7.14. The Labute approximate surface area is 119 Å². The molecule has 106 valence electrons. The van der Waals surface area contributed by atoms with Gasteiger partial charge in [0.15, 0.2) is 5.13 Å². The van der Waals surface area contributed by atoms with Crippen LogP contribution in [-0.2, 0) is 10.2 Å². The predicted octanol–water partition coefficient (Wildman–Crippen LogP) is 2.91. The fourth-order valence-electron chi connectivity index (χ4n) is 2.16. The lowest BCUT2D eigenvalue weighted by molar-refractivity contribution is -0.122. The highest BCUT2D eigenvalue weighted by atomic mass is 32.1. The van der Waals surface area contributed by atoms with Crippen LogP contribution < -0.4 is 10.6 Å². The summed E-state index contributed by atoms with van der Waals surface area (Å²) in [5.74, 6) is 0.0296. The summed E-state index contributed by atoms with van der Waals surface area (Å²) < 4.78 is 0. The van der Waals surface area contributed by atoms with Crippen LogP contribution in [0.3, 0.4) is 0 Å². The van der Waals surface area contributed by atoms with Gasteiger partial charge in [-0.2, -0.15) is 0 Å². The number of thiazole rings is 1. The Balaban J connectivity index is 2.04. The van der Waals surface area contributed by atoms with Crippen LogP contribution in [0.25, 0.3) is 0 Å². The molecule has 1 fully saturated rings. The van der Waals surface area contributed by atoms with Gasteiger partial charge in [-0.15, -0.1) is 11.3 Å². The van der Waals surface area contributed by atoms with Crippen molar-refractivity contribution in [1.29, 1.82) is 0 Å². The standard InChI is InChI=1S/C14H23N3OS/c1-13(2,3)10-9-19-12(16-10)17-11(18)14(4)7-5-6-8-15-14/h9,15H,5-8H2,1-4H3,(H,16,17,18). The van der Waals surface area contributed by atoms with Crippen molar-refractivity contribution < 1.29 is 4.79 Å². The average molecular weight is 281 g/mol. The minimum absolute atomic E-state index is 0.0203. The monoisotopic (exact) mass is 281 g/mol. The molecule has 1 unspecified atom stereocenters. The van der Waals surface area contributed by atoms with Gasteiger partial charge in [0.05, 0.1) is 11.2 Å². The first-order chi connectivity index (χ1) is 8.81. The number of carbonyl (C=O) groups is 1. The number of aromatic nitrogens is 1. The second-order valence-corrected chi connectivity index (χ2v) is 7.32. The summed E-state index contributed by atoms with van der Waals surface area (Å²) in [6.45, 7) is 9.25. The number of carbonyl (C=O) groups excluding carboxylic acids is 1. The van der Waals surface area contributed by atoms with E-state index in [1.54, 1.807) is 0 Å². The highest BCUT2D eigenvalue weighted by Gasteiger charge is 2.34. The van der Waals surface area contributed by atoms with Gasteiger partial charge in [-0.1, -0.05) is 20.8 Å². The summed E-state index contributed by atoms with van der Waals surface area (Å²) in [4.78, 5) is 16.8. The molecule has 0 saturated carbocycles. The maximum Gasteiger partial charge on any atom is 0.246 e. The SMILES string of the molecule is CC1(C(=O)Nc2nc(C(C)(C)C)cs2)CCCCN1. The Morgan fingerprint density at radius 1 is 1.47 bits per heavy atom. The van der Waals surface area contributed by atoms with Crippen molar-refractivity contribution in [3.63, 3.8) is 0 Å². The van der Waals surface area contributed by atoms with Gasteiger partial charge in [0.25, 0.3) is 0 Å². The summed E-state index contributed by atoms with van der Waals surface area (Å²) in [5.41, 5.74) is 0.590. The van der Waals surface area contributed by atoms with Gasteiger partial charge in [-0.05, 0) is 32.7 Å². The van der Waals surface area contributed by atoms with Crippen molar-refractivity contribution in [3.8, 4) is 0 Å². The largest absolute Gasteiger partial charge is 0.304 e. The third-order valence-corrected chi connectivity index (χ3v) is 4.37. The summed E-state index contributed by atoms with van der Waals surface area (Å²) in [6.07, 6.45) is 3.13. The fraction of sp³-hybridized carbons (Fsp3) is 0.714. The number of rotatable bonds is 2. The molecule has 0 spiro atoms. The maximum atomic E-state index is 12.3. The van der Waals surface area contributed by atoms with Crippen LogP contribution in [0.1, 0.15) is 52.7 Å². The minimum Gasteiger partial charge on any atom is -0.304 e. The van der Waals surface area contributed by atoms with Crippen LogP contribution in [0.5, 0.6) is 0 Å². The van der Waals surface area contributed by atoms with Crippen molar-refractivity contribution in [2.75, 3.05) is 11.9 Å². The van der Waals surface area contributed by atoms with Gasteiger partial charge in [-0.3, -0.25) is 4.79 Å². The zero-order valence-electron chi connectivity index (χ0n) is 12.2. The number of hydrogen-bond acceptors (Lipinski definition) is 4. The zero-order chi connectivity index (χ0) is 14.1. The molecule has 1 saturated heterocycles. The van der Waals surface area contributed by atoms with Crippen LogP contribution >= 0.6 is 11.3 Å². The van der Waals surface area contributed by atoms with E-state index in [-0.39, 0.29) is 11.3 Å². The molecule has 1 amide bonds. The molecule has 2 rings (SSSR count). The molecule has 19 heavy (non-hydrogen) atoms. The number of nitrogens with zero attached hydrogens (tertiary/aromatic N) is 1. The smallest absolute Gasteiger partial charge is 0.246 e. The Morgan fingerprint density at radius 2 is 2.21 bits per heavy atom. The summed E-state index contributed by atoms with van der Waals surface area (Å²) in [5, 5.41) is 8.99. The van der Waals surface area contributed by atoms with Gasteiger partial charge >= 0.3 is 0 Å². The van der Waals surface area contributed by atoms with E-state index in [9.17, 15) is 4.79 Å². The van der Waals surface area contributed by atoms with Crippen molar-refractivity contribution in [2.45, 2.75) is 57.9 Å². The lowest BCUT2D eigenvalue weighted by Gasteiger charge is -2.33. The molecule has 0 aliphatic carbocycles. The number of hydrogen-bond donors (Lipinski definition) is 2. The second-order valence-electron chi connectivity index (χ2n) is 6.46. The molecular formula is C14H23N3OS. The number of nitrogens with one attached hydrogen (secondary N) is 2. The normalized spacial score (nSPS) is 24.2. The molecule has 2 N–H and O–H groups in total. The second kappa shape index (κ2) is 5.21. The van der Waals surface area contributed by atoms with Crippen molar-refractivity contribution >= 4 is 22.4 Å². The summed E-state index contributed by atoms with van der Waals surface area (Å²) >= 11 is 1.50. The Bertz CT molecular complexity index is 456. The highest BCUT2D eigenvalue weighted by Crippen LogP contribution is 2.27. The van der Waals surface area contributed by atoms with Gasteiger partial charge in [0.2, 0.25) is 5.91 Å². The van der Waals surface area contributed by atoms with E-state index in [0.717, 1.165) is 31.5 Å². The molecule has 1 aliphatic heterocycles. The maximum absolute atomic E-state index is 12.3. The molecule has 5 heteroatoms. The van der Waals surface area contributed by atoms with E-state index >= 15 is 0 Å². The molecule has 0 radical (unpaired) electrons. The molecule has 4 nitrogen and oxygen atoms in total. The van der Waals surface area contributed by atoms with Crippen molar-refractivity contribution in [2.24, 2.45) is 0 Å². The Morgan fingerprint density at radius 3 is 2.74 bits per heavy atom. The van der Waals surface area contributed by atoms with E-state index in [0.29, 0.717) is 5.13 Å². The molecule has 1 aromatic rings. The minimum atomic E-state index is -0.453. The molecule has 0 bridgehead atoms. The molecule has 1 aliphatic rings.